The van der Waals surface area contributed by atoms with E-state index in [1.54, 1.807) is 14.2 Å². The predicted molar refractivity (Wildman–Crippen MR) is 101 cm³/mol. The zero-order chi connectivity index (χ0) is 18.4. The van der Waals surface area contributed by atoms with Crippen molar-refractivity contribution in [3.8, 4) is 11.5 Å². The molecule has 0 aromatic heterocycles. The molecule has 2 aromatic carbocycles. The van der Waals surface area contributed by atoms with E-state index in [1.165, 1.54) is 5.56 Å². The molecule has 0 spiro atoms. The topological polar surface area (TPSA) is 50.8 Å². The molecule has 1 N–H and O–H groups in total. The molecule has 0 saturated carbocycles. The van der Waals surface area contributed by atoms with Gasteiger partial charge in [0.15, 0.2) is 0 Å². The molecule has 1 aliphatic rings. The highest BCUT2D eigenvalue weighted by Crippen LogP contribution is 2.32. The number of hydrogen-bond donors (Lipinski definition) is 1. The largest absolute Gasteiger partial charge is 0.497 e. The number of carbonyl (C=O) groups is 1. The Morgan fingerprint density at radius 3 is 2.27 bits per heavy atom. The summed E-state index contributed by atoms with van der Waals surface area (Å²) in [6.07, 6.45) is 2.19. The van der Waals surface area contributed by atoms with E-state index in [0.717, 1.165) is 36.4 Å². The third-order valence-corrected chi connectivity index (χ3v) is 4.86. The van der Waals surface area contributed by atoms with E-state index < -0.39 is 0 Å². The Morgan fingerprint density at radius 1 is 1.04 bits per heavy atom. The molecule has 138 valence electrons. The van der Waals surface area contributed by atoms with Crippen LogP contribution in [0.1, 0.15) is 30.0 Å². The Balaban J connectivity index is 1.53. The smallest absolute Gasteiger partial charge is 0.234 e. The summed E-state index contributed by atoms with van der Waals surface area (Å²) in [6, 6.07) is 16.2. The molecule has 5 nitrogen and oxygen atoms in total. The summed E-state index contributed by atoms with van der Waals surface area (Å²) < 4.78 is 10.4. The molecule has 1 atom stereocenters. The van der Waals surface area contributed by atoms with Crippen LogP contribution in [0.25, 0.3) is 0 Å². The predicted octanol–water partition coefficient (Wildman–Crippen LogP) is 3.16. The van der Waals surface area contributed by atoms with Gasteiger partial charge in [-0.1, -0.05) is 24.3 Å². The lowest BCUT2D eigenvalue weighted by Gasteiger charge is -2.24. The number of nitrogens with zero attached hydrogens (tertiary/aromatic N) is 1. The Bertz CT molecular complexity index is 713. The van der Waals surface area contributed by atoms with Gasteiger partial charge in [-0.2, -0.15) is 0 Å². The highest BCUT2D eigenvalue weighted by Gasteiger charge is 2.27. The molecule has 26 heavy (non-hydrogen) atoms. The summed E-state index contributed by atoms with van der Waals surface area (Å²) in [5.41, 5.74) is 2.30. The van der Waals surface area contributed by atoms with E-state index in [1.807, 2.05) is 36.4 Å². The van der Waals surface area contributed by atoms with Crippen molar-refractivity contribution >= 4 is 5.91 Å². The number of hydrogen-bond acceptors (Lipinski definition) is 4. The van der Waals surface area contributed by atoms with Crippen molar-refractivity contribution in [1.82, 2.24) is 10.2 Å². The van der Waals surface area contributed by atoms with Gasteiger partial charge >= 0.3 is 0 Å². The minimum absolute atomic E-state index is 0.0567. The molecule has 3 rings (SSSR count). The molecule has 1 saturated heterocycles. The summed E-state index contributed by atoms with van der Waals surface area (Å²) >= 11 is 0. The Hall–Kier alpha value is -2.53. The van der Waals surface area contributed by atoms with Gasteiger partial charge in [0.25, 0.3) is 0 Å². The number of rotatable bonds is 7. The van der Waals surface area contributed by atoms with Crippen molar-refractivity contribution in [3.63, 3.8) is 0 Å². The van der Waals surface area contributed by atoms with Gasteiger partial charge in [-0.25, -0.2) is 0 Å². The van der Waals surface area contributed by atoms with Gasteiger partial charge in [-0.05, 0) is 54.8 Å². The van der Waals surface area contributed by atoms with Gasteiger partial charge in [0.2, 0.25) is 5.91 Å². The highest BCUT2D eigenvalue weighted by molar-refractivity contribution is 5.78. The number of methoxy groups -OCH3 is 2. The molecule has 0 unspecified atom stereocenters. The summed E-state index contributed by atoms with van der Waals surface area (Å²) in [7, 11) is 3.32. The first-order valence-electron chi connectivity index (χ1n) is 8.97. The first-order chi connectivity index (χ1) is 12.7. The van der Waals surface area contributed by atoms with Crippen molar-refractivity contribution in [2.75, 3.05) is 27.3 Å². The number of ether oxygens (including phenoxy) is 2. The molecule has 5 heteroatoms. The zero-order valence-corrected chi connectivity index (χ0v) is 15.4. The van der Waals surface area contributed by atoms with Gasteiger partial charge < -0.3 is 14.8 Å². The summed E-state index contributed by atoms with van der Waals surface area (Å²) in [6.45, 7) is 1.91. The molecule has 2 aromatic rings. The van der Waals surface area contributed by atoms with Crippen LogP contribution in [0, 0.1) is 0 Å². The molecule has 1 heterocycles. The van der Waals surface area contributed by atoms with Crippen molar-refractivity contribution in [2.24, 2.45) is 0 Å². The normalized spacial score (nSPS) is 17.1. The van der Waals surface area contributed by atoms with E-state index in [4.69, 9.17) is 9.47 Å². The maximum absolute atomic E-state index is 12.4. The standard InChI is InChI=1S/C21H26N2O3/c1-25-18-9-5-16(6-10-18)14-22-21(24)15-23-13-3-4-20(23)17-7-11-19(26-2)12-8-17/h5-12,20H,3-4,13-15H2,1-2H3,(H,22,24)/t20-/m1/s1. The number of benzene rings is 2. The average molecular weight is 354 g/mol. The number of amides is 1. The van der Waals surface area contributed by atoms with E-state index in [2.05, 4.69) is 22.3 Å². The van der Waals surface area contributed by atoms with E-state index >= 15 is 0 Å². The van der Waals surface area contributed by atoms with Crippen molar-refractivity contribution in [1.29, 1.82) is 0 Å². The quantitative estimate of drug-likeness (QED) is 0.830. The van der Waals surface area contributed by atoms with Crippen LogP contribution < -0.4 is 14.8 Å². The highest BCUT2D eigenvalue weighted by atomic mass is 16.5. The molecule has 0 aliphatic carbocycles. The van der Waals surface area contributed by atoms with Crippen LogP contribution in [-0.2, 0) is 11.3 Å². The molecular weight excluding hydrogens is 328 g/mol. The second kappa shape index (κ2) is 8.72. The molecular formula is C21H26N2O3. The number of carbonyl (C=O) groups excluding carboxylic acids is 1. The lowest BCUT2D eigenvalue weighted by molar-refractivity contribution is -0.122. The summed E-state index contributed by atoms with van der Waals surface area (Å²) in [5.74, 6) is 1.73. The minimum Gasteiger partial charge on any atom is -0.497 e. The molecule has 1 fully saturated rings. The Labute approximate surface area is 154 Å². The van der Waals surface area contributed by atoms with Crippen LogP contribution in [0.4, 0.5) is 0 Å². The van der Waals surface area contributed by atoms with Gasteiger partial charge in [-0.3, -0.25) is 9.69 Å². The fourth-order valence-corrected chi connectivity index (χ4v) is 3.40. The summed E-state index contributed by atoms with van der Waals surface area (Å²) in [4.78, 5) is 14.6. The van der Waals surface area contributed by atoms with Crippen LogP contribution in [0.2, 0.25) is 0 Å². The second-order valence-corrected chi connectivity index (χ2v) is 6.53. The van der Waals surface area contributed by atoms with Crippen LogP contribution in [-0.4, -0.2) is 38.1 Å². The van der Waals surface area contributed by atoms with Crippen molar-refractivity contribution in [3.05, 3.63) is 59.7 Å². The Kier molecular flexibility index (Phi) is 6.12. The first-order valence-corrected chi connectivity index (χ1v) is 8.97. The maximum atomic E-state index is 12.4. The molecule has 0 bridgehead atoms. The van der Waals surface area contributed by atoms with Gasteiger partial charge in [-0.15, -0.1) is 0 Å². The van der Waals surface area contributed by atoms with E-state index in [-0.39, 0.29) is 5.91 Å². The molecule has 1 aliphatic heterocycles. The Morgan fingerprint density at radius 2 is 1.65 bits per heavy atom. The fourth-order valence-electron chi connectivity index (χ4n) is 3.40. The SMILES string of the molecule is COc1ccc(CNC(=O)CN2CCC[C@@H]2c2ccc(OC)cc2)cc1. The van der Waals surface area contributed by atoms with Crippen LogP contribution >= 0.6 is 0 Å². The minimum atomic E-state index is 0.0567. The zero-order valence-electron chi connectivity index (χ0n) is 15.4. The van der Waals surface area contributed by atoms with Crippen LogP contribution in [0.5, 0.6) is 11.5 Å². The van der Waals surface area contributed by atoms with E-state index in [9.17, 15) is 4.79 Å². The average Bonchev–Trinajstić information content (AvgIpc) is 3.15. The monoisotopic (exact) mass is 354 g/mol. The maximum Gasteiger partial charge on any atom is 0.234 e. The van der Waals surface area contributed by atoms with Crippen LogP contribution in [0.15, 0.2) is 48.5 Å². The summed E-state index contributed by atoms with van der Waals surface area (Å²) in [5, 5.41) is 3.01. The fraction of sp³-hybridized carbons (Fsp3) is 0.381. The van der Waals surface area contributed by atoms with Crippen LogP contribution in [0.3, 0.4) is 0 Å². The second-order valence-electron chi connectivity index (χ2n) is 6.53. The van der Waals surface area contributed by atoms with Gasteiger partial charge in [0.1, 0.15) is 11.5 Å². The lowest BCUT2D eigenvalue weighted by Crippen LogP contribution is -2.36. The van der Waals surface area contributed by atoms with Gasteiger partial charge in [0.05, 0.1) is 20.8 Å². The van der Waals surface area contributed by atoms with Crippen molar-refractivity contribution in [2.45, 2.75) is 25.4 Å². The molecule has 1 amide bonds. The number of likely N-dealkylation sites (tertiary alicyclic amines) is 1. The van der Waals surface area contributed by atoms with Gasteiger partial charge in [0, 0.05) is 12.6 Å². The first kappa shape index (κ1) is 18.3. The third-order valence-electron chi connectivity index (χ3n) is 4.86. The lowest BCUT2D eigenvalue weighted by atomic mass is 10.0. The third kappa shape index (κ3) is 4.55. The van der Waals surface area contributed by atoms with Crippen molar-refractivity contribution < 1.29 is 14.3 Å². The van der Waals surface area contributed by atoms with E-state index in [0.29, 0.717) is 19.1 Å². The molecule has 0 radical (unpaired) electrons. The number of nitrogens with one attached hydrogen (secondary N) is 1.